The van der Waals surface area contributed by atoms with E-state index in [-0.39, 0.29) is 32.9 Å². The standard InChI is InChI=1S/C13H14Br2FNO4/c1-2-3-20-13-8(15)5-12(13)21-11-6-9(16)7(14)4-10(11)17(18)19/h4,6,8,12-13H,2-3,5H2,1H3. The number of halogens is 3. The topological polar surface area (TPSA) is 61.6 Å². The Labute approximate surface area is 138 Å². The zero-order chi connectivity index (χ0) is 15.6. The smallest absolute Gasteiger partial charge is 0.312 e. The molecular weight excluding hydrogens is 413 g/mol. The van der Waals surface area contributed by atoms with Crippen LogP contribution in [-0.2, 0) is 4.74 Å². The maximum atomic E-state index is 13.6. The van der Waals surface area contributed by atoms with Crippen LogP contribution in [0.25, 0.3) is 0 Å². The number of nitro benzene ring substituents is 1. The van der Waals surface area contributed by atoms with Crippen LogP contribution >= 0.6 is 31.9 Å². The molecule has 0 aromatic heterocycles. The minimum absolute atomic E-state index is 0.0345. The van der Waals surface area contributed by atoms with Crippen LogP contribution in [-0.4, -0.2) is 28.6 Å². The molecule has 5 nitrogen and oxygen atoms in total. The van der Waals surface area contributed by atoms with Gasteiger partial charge in [-0.25, -0.2) is 4.39 Å². The highest BCUT2D eigenvalue weighted by Gasteiger charge is 2.43. The van der Waals surface area contributed by atoms with Gasteiger partial charge in [-0.2, -0.15) is 0 Å². The summed E-state index contributed by atoms with van der Waals surface area (Å²) in [5.74, 6) is -0.674. The van der Waals surface area contributed by atoms with Crippen LogP contribution in [0.4, 0.5) is 10.1 Å². The Morgan fingerprint density at radius 3 is 2.81 bits per heavy atom. The third-order valence-electron chi connectivity index (χ3n) is 3.17. The van der Waals surface area contributed by atoms with Crippen molar-refractivity contribution in [1.29, 1.82) is 0 Å². The molecule has 116 valence electrons. The molecule has 0 spiro atoms. The van der Waals surface area contributed by atoms with E-state index in [4.69, 9.17) is 9.47 Å². The van der Waals surface area contributed by atoms with E-state index in [0.717, 1.165) is 18.6 Å². The van der Waals surface area contributed by atoms with Gasteiger partial charge in [-0.15, -0.1) is 0 Å². The Bertz CT molecular complexity index is 543. The number of ether oxygens (including phenoxy) is 2. The fourth-order valence-electron chi connectivity index (χ4n) is 2.03. The number of hydrogen-bond acceptors (Lipinski definition) is 4. The predicted molar refractivity (Wildman–Crippen MR) is 82.5 cm³/mol. The molecule has 0 N–H and O–H groups in total. The van der Waals surface area contributed by atoms with E-state index >= 15 is 0 Å². The maximum Gasteiger partial charge on any atom is 0.312 e. The minimum Gasteiger partial charge on any atom is -0.481 e. The van der Waals surface area contributed by atoms with E-state index in [9.17, 15) is 14.5 Å². The van der Waals surface area contributed by atoms with Gasteiger partial charge in [0.1, 0.15) is 18.0 Å². The number of hydrogen-bond donors (Lipinski definition) is 0. The van der Waals surface area contributed by atoms with E-state index in [1.807, 2.05) is 6.92 Å². The summed E-state index contributed by atoms with van der Waals surface area (Å²) in [7, 11) is 0. The summed E-state index contributed by atoms with van der Waals surface area (Å²) in [6.45, 7) is 2.58. The first kappa shape index (κ1) is 16.6. The van der Waals surface area contributed by atoms with Gasteiger partial charge in [0.05, 0.1) is 9.40 Å². The molecule has 1 aliphatic carbocycles. The lowest BCUT2D eigenvalue weighted by Gasteiger charge is -2.40. The Morgan fingerprint density at radius 2 is 2.24 bits per heavy atom. The average Bonchev–Trinajstić information content (AvgIpc) is 2.42. The zero-order valence-corrected chi connectivity index (χ0v) is 14.4. The quantitative estimate of drug-likeness (QED) is 0.388. The van der Waals surface area contributed by atoms with Crippen LogP contribution in [0.1, 0.15) is 19.8 Å². The van der Waals surface area contributed by atoms with Crippen molar-refractivity contribution in [1.82, 2.24) is 0 Å². The van der Waals surface area contributed by atoms with Gasteiger partial charge in [0, 0.05) is 30.0 Å². The summed E-state index contributed by atoms with van der Waals surface area (Å²) in [6.07, 6.45) is 1.02. The predicted octanol–water partition coefficient (Wildman–Crippen LogP) is 4.21. The molecule has 3 unspecified atom stereocenters. The SMILES string of the molecule is CCCOC1C(Br)CC1Oc1cc(F)c(Br)cc1[N+](=O)[O-]. The summed E-state index contributed by atoms with van der Waals surface area (Å²) in [5, 5.41) is 11.0. The normalized spacial score (nSPS) is 24.5. The van der Waals surface area contributed by atoms with Gasteiger partial charge in [0.2, 0.25) is 0 Å². The molecule has 0 aliphatic heterocycles. The molecule has 1 fully saturated rings. The Kier molecular flexibility index (Phi) is 5.56. The summed E-state index contributed by atoms with van der Waals surface area (Å²) < 4.78 is 24.9. The molecule has 0 radical (unpaired) electrons. The van der Waals surface area contributed by atoms with E-state index in [2.05, 4.69) is 31.9 Å². The maximum absolute atomic E-state index is 13.6. The highest BCUT2D eigenvalue weighted by molar-refractivity contribution is 9.10. The molecule has 1 aliphatic rings. The number of nitro groups is 1. The van der Waals surface area contributed by atoms with Crippen molar-refractivity contribution in [3.63, 3.8) is 0 Å². The van der Waals surface area contributed by atoms with Crippen LogP contribution in [0.5, 0.6) is 5.75 Å². The fourth-order valence-corrected chi connectivity index (χ4v) is 3.22. The van der Waals surface area contributed by atoms with Crippen LogP contribution in [0, 0.1) is 15.9 Å². The summed E-state index contributed by atoms with van der Waals surface area (Å²) in [5.41, 5.74) is -0.268. The molecule has 0 heterocycles. The molecule has 3 atom stereocenters. The number of nitrogens with zero attached hydrogens (tertiary/aromatic N) is 1. The lowest BCUT2D eigenvalue weighted by atomic mass is 9.91. The van der Waals surface area contributed by atoms with Crippen molar-refractivity contribution in [2.75, 3.05) is 6.61 Å². The van der Waals surface area contributed by atoms with Crippen molar-refractivity contribution in [2.45, 2.75) is 36.8 Å². The van der Waals surface area contributed by atoms with Gasteiger partial charge < -0.3 is 9.47 Å². The molecule has 1 aromatic carbocycles. The van der Waals surface area contributed by atoms with Crippen LogP contribution in [0.15, 0.2) is 16.6 Å². The largest absolute Gasteiger partial charge is 0.481 e. The summed E-state index contributed by atoms with van der Waals surface area (Å²) in [4.78, 5) is 10.6. The average molecular weight is 427 g/mol. The molecule has 0 bridgehead atoms. The van der Waals surface area contributed by atoms with E-state index in [0.29, 0.717) is 13.0 Å². The highest BCUT2D eigenvalue weighted by Crippen LogP contribution is 2.38. The third kappa shape index (κ3) is 3.73. The van der Waals surface area contributed by atoms with E-state index in [1.54, 1.807) is 0 Å². The van der Waals surface area contributed by atoms with Crippen molar-refractivity contribution in [3.05, 3.63) is 32.5 Å². The number of benzene rings is 1. The number of rotatable bonds is 6. The van der Waals surface area contributed by atoms with Gasteiger partial charge in [-0.05, 0) is 22.4 Å². The van der Waals surface area contributed by atoms with Gasteiger partial charge in [0.25, 0.3) is 0 Å². The third-order valence-corrected chi connectivity index (χ3v) is 4.67. The second-order valence-electron chi connectivity index (χ2n) is 4.73. The first-order valence-electron chi connectivity index (χ1n) is 6.49. The monoisotopic (exact) mass is 425 g/mol. The molecule has 21 heavy (non-hydrogen) atoms. The highest BCUT2D eigenvalue weighted by atomic mass is 79.9. The van der Waals surface area contributed by atoms with E-state index in [1.165, 1.54) is 0 Å². The first-order valence-corrected chi connectivity index (χ1v) is 8.20. The van der Waals surface area contributed by atoms with Crippen LogP contribution in [0.2, 0.25) is 0 Å². The van der Waals surface area contributed by atoms with Crippen LogP contribution in [0.3, 0.4) is 0 Å². The number of alkyl halides is 1. The van der Waals surface area contributed by atoms with Gasteiger partial charge in [-0.3, -0.25) is 10.1 Å². The molecule has 1 saturated carbocycles. The lowest BCUT2D eigenvalue weighted by Crippen LogP contribution is -2.52. The molecule has 0 saturated heterocycles. The Morgan fingerprint density at radius 1 is 1.52 bits per heavy atom. The van der Waals surface area contributed by atoms with Crippen LogP contribution < -0.4 is 4.74 Å². The second kappa shape index (κ2) is 7.02. The molecule has 8 heteroatoms. The molecule has 0 amide bonds. The molecular formula is C13H14Br2FNO4. The summed E-state index contributed by atoms with van der Waals surface area (Å²) in [6, 6.07) is 2.14. The molecule has 1 aromatic rings. The van der Waals surface area contributed by atoms with E-state index < -0.39 is 10.7 Å². The van der Waals surface area contributed by atoms with Gasteiger partial charge in [0.15, 0.2) is 5.75 Å². The zero-order valence-electron chi connectivity index (χ0n) is 11.2. The van der Waals surface area contributed by atoms with Gasteiger partial charge >= 0.3 is 5.69 Å². The Balaban J connectivity index is 2.15. The lowest BCUT2D eigenvalue weighted by molar-refractivity contribution is -0.386. The first-order chi connectivity index (χ1) is 9.93. The van der Waals surface area contributed by atoms with Crippen molar-refractivity contribution in [2.24, 2.45) is 0 Å². The van der Waals surface area contributed by atoms with Gasteiger partial charge in [-0.1, -0.05) is 22.9 Å². The summed E-state index contributed by atoms with van der Waals surface area (Å²) >= 11 is 6.40. The van der Waals surface area contributed by atoms with Crippen molar-refractivity contribution >= 4 is 37.5 Å². The second-order valence-corrected chi connectivity index (χ2v) is 6.77. The minimum atomic E-state index is -0.601. The van der Waals surface area contributed by atoms with Crippen molar-refractivity contribution < 1.29 is 18.8 Å². The van der Waals surface area contributed by atoms with Crippen molar-refractivity contribution in [3.8, 4) is 5.75 Å². The Hall–Kier alpha value is -0.730. The fraction of sp³-hybridized carbons (Fsp3) is 0.538. The molecule has 2 rings (SSSR count).